The van der Waals surface area contributed by atoms with Gasteiger partial charge in [-0.3, -0.25) is 9.59 Å². The average Bonchev–Trinajstić information content (AvgIpc) is 3.08. The molecule has 2 amide bonds. The minimum absolute atomic E-state index is 0.100. The summed E-state index contributed by atoms with van der Waals surface area (Å²) < 4.78 is 9.85. The summed E-state index contributed by atoms with van der Waals surface area (Å²) in [6.45, 7) is 2.04. The van der Waals surface area contributed by atoms with Crippen molar-refractivity contribution in [3.05, 3.63) is 47.3 Å². The van der Waals surface area contributed by atoms with E-state index >= 15 is 0 Å². The van der Waals surface area contributed by atoms with E-state index in [0.29, 0.717) is 11.7 Å². The standard InChI is InChI=1S/C14H10N2O6/c1-2-20-14-15-10(7-21-14)13(19)22-16-11(17)8-5-3-4-6-9(8)12(16)18/h3-7H,2H2,1H3. The number of rotatable bonds is 4. The van der Waals surface area contributed by atoms with Crippen molar-refractivity contribution in [3.63, 3.8) is 0 Å². The first-order chi connectivity index (χ1) is 10.6. The molecule has 1 aliphatic rings. The van der Waals surface area contributed by atoms with Crippen LogP contribution in [0.5, 0.6) is 6.08 Å². The molecule has 0 bridgehead atoms. The third kappa shape index (κ3) is 2.20. The normalized spacial score (nSPS) is 13.2. The van der Waals surface area contributed by atoms with Crippen LogP contribution in [0.4, 0.5) is 0 Å². The number of nitrogens with zero attached hydrogens (tertiary/aromatic N) is 2. The van der Waals surface area contributed by atoms with E-state index in [1.807, 2.05) is 0 Å². The predicted molar refractivity (Wildman–Crippen MR) is 70.0 cm³/mol. The lowest BCUT2D eigenvalue weighted by molar-refractivity contribution is -0.0588. The van der Waals surface area contributed by atoms with Gasteiger partial charge in [0.2, 0.25) is 0 Å². The summed E-state index contributed by atoms with van der Waals surface area (Å²) in [6.07, 6.45) is 0.919. The molecule has 22 heavy (non-hydrogen) atoms. The Hall–Kier alpha value is -3.16. The molecule has 8 heteroatoms. The molecule has 1 aromatic heterocycles. The highest BCUT2D eigenvalue weighted by molar-refractivity contribution is 6.21. The molecule has 2 heterocycles. The number of hydrogen-bond donors (Lipinski definition) is 0. The first-order valence-electron chi connectivity index (χ1n) is 6.40. The van der Waals surface area contributed by atoms with Crippen LogP contribution < -0.4 is 4.74 Å². The highest BCUT2D eigenvalue weighted by atomic mass is 16.7. The summed E-state index contributed by atoms with van der Waals surface area (Å²) in [6, 6.07) is 6.18. The quantitative estimate of drug-likeness (QED) is 0.788. The van der Waals surface area contributed by atoms with E-state index in [-0.39, 0.29) is 22.9 Å². The monoisotopic (exact) mass is 302 g/mol. The molecule has 3 rings (SSSR count). The van der Waals surface area contributed by atoms with Gasteiger partial charge in [0.1, 0.15) is 6.26 Å². The molecule has 1 aromatic carbocycles. The van der Waals surface area contributed by atoms with Crippen LogP contribution in [-0.2, 0) is 4.84 Å². The molecule has 0 saturated heterocycles. The van der Waals surface area contributed by atoms with Gasteiger partial charge in [-0.2, -0.15) is 4.98 Å². The van der Waals surface area contributed by atoms with Gasteiger partial charge in [-0.05, 0) is 19.1 Å². The predicted octanol–water partition coefficient (Wildman–Crippen LogP) is 1.44. The van der Waals surface area contributed by atoms with Gasteiger partial charge >= 0.3 is 12.0 Å². The van der Waals surface area contributed by atoms with Crippen molar-refractivity contribution >= 4 is 17.8 Å². The van der Waals surface area contributed by atoms with Crippen molar-refractivity contribution in [1.82, 2.24) is 10.0 Å². The van der Waals surface area contributed by atoms with Crippen LogP contribution in [0.2, 0.25) is 0 Å². The summed E-state index contributed by atoms with van der Waals surface area (Å²) in [5, 5.41) is 0.405. The first-order valence-corrected chi connectivity index (χ1v) is 6.40. The number of ether oxygens (including phenoxy) is 1. The third-order valence-corrected chi connectivity index (χ3v) is 2.89. The van der Waals surface area contributed by atoms with E-state index in [2.05, 4.69) is 4.98 Å². The van der Waals surface area contributed by atoms with Crippen LogP contribution in [0.3, 0.4) is 0 Å². The zero-order valence-electron chi connectivity index (χ0n) is 11.4. The van der Waals surface area contributed by atoms with Crippen molar-refractivity contribution in [2.75, 3.05) is 6.61 Å². The number of carbonyl (C=O) groups excluding carboxylic acids is 3. The van der Waals surface area contributed by atoms with Gasteiger partial charge < -0.3 is 14.0 Å². The fourth-order valence-electron chi connectivity index (χ4n) is 1.92. The second kappa shape index (κ2) is 5.32. The number of imide groups is 1. The summed E-state index contributed by atoms with van der Waals surface area (Å²) in [5.41, 5.74) is 0.144. The zero-order valence-corrected chi connectivity index (χ0v) is 11.4. The Balaban J connectivity index is 1.77. The van der Waals surface area contributed by atoms with Crippen LogP contribution >= 0.6 is 0 Å². The molecule has 0 atom stereocenters. The van der Waals surface area contributed by atoms with Crippen molar-refractivity contribution in [3.8, 4) is 6.08 Å². The maximum atomic E-state index is 12.0. The second-order valence-corrected chi connectivity index (χ2v) is 4.26. The topological polar surface area (TPSA) is 98.9 Å². The number of hydrogen-bond acceptors (Lipinski definition) is 7. The number of hydroxylamine groups is 2. The lowest BCUT2D eigenvalue weighted by atomic mass is 10.1. The molecular weight excluding hydrogens is 292 g/mol. The van der Waals surface area contributed by atoms with Crippen LogP contribution in [-0.4, -0.2) is 34.4 Å². The lowest BCUT2D eigenvalue weighted by Gasteiger charge is -2.11. The number of fused-ring (bicyclic) bond motifs is 1. The molecule has 112 valence electrons. The molecule has 0 aliphatic carbocycles. The van der Waals surface area contributed by atoms with Gasteiger partial charge in [-0.25, -0.2) is 4.79 Å². The summed E-state index contributed by atoms with van der Waals surface area (Å²) in [5.74, 6) is -2.41. The molecule has 8 nitrogen and oxygen atoms in total. The molecule has 0 radical (unpaired) electrons. The van der Waals surface area contributed by atoms with Gasteiger partial charge in [0.15, 0.2) is 5.69 Å². The van der Waals surface area contributed by atoms with Crippen LogP contribution in [0.15, 0.2) is 34.9 Å². The van der Waals surface area contributed by atoms with Gasteiger partial charge in [0.25, 0.3) is 11.8 Å². The number of carbonyl (C=O) groups is 3. The Kier molecular flexibility index (Phi) is 3.34. The second-order valence-electron chi connectivity index (χ2n) is 4.26. The average molecular weight is 302 g/mol. The number of amides is 2. The van der Waals surface area contributed by atoms with Crippen molar-refractivity contribution in [1.29, 1.82) is 0 Å². The van der Waals surface area contributed by atoms with Gasteiger partial charge in [-0.1, -0.05) is 17.2 Å². The molecule has 0 saturated carbocycles. The third-order valence-electron chi connectivity index (χ3n) is 2.89. The minimum atomic E-state index is -0.996. The number of benzene rings is 1. The maximum absolute atomic E-state index is 12.0. The largest absolute Gasteiger partial charge is 0.450 e. The van der Waals surface area contributed by atoms with Gasteiger partial charge in [0.05, 0.1) is 17.7 Å². The van der Waals surface area contributed by atoms with Gasteiger partial charge in [0, 0.05) is 0 Å². The highest BCUT2D eigenvalue weighted by Gasteiger charge is 2.39. The summed E-state index contributed by atoms with van der Waals surface area (Å²) >= 11 is 0. The molecule has 0 unspecified atom stereocenters. The van der Waals surface area contributed by atoms with Crippen LogP contribution in [0, 0.1) is 0 Å². The summed E-state index contributed by atoms with van der Waals surface area (Å²) in [7, 11) is 0. The van der Waals surface area contributed by atoms with Crippen molar-refractivity contribution < 1.29 is 28.4 Å². The van der Waals surface area contributed by atoms with Crippen LogP contribution in [0.25, 0.3) is 0 Å². The molecule has 0 fully saturated rings. The molecular formula is C14H10N2O6. The highest BCUT2D eigenvalue weighted by Crippen LogP contribution is 2.23. The van der Waals surface area contributed by atoms with E-state index in [1.165, 1.54) is 12.1 Å². The van der Waals surface area contributed by atoms with Crippen molar-refractivity contribution in [2.24, 2.45) is 0 Å². The summed E-state index contributed by atoms with van der Waals surface area (Å²) in [4.78, 5) is 44.5. The van der Waals surface area contributed by atoms with E-state index in [4.69, 9.17) is 14.0 Å². The number of aromatic nitrogens is 1. The molecule has 1 aliphatic heterocycles. The maximum Gasteiger partial charge on any atom is 0.394 e. The number of oxazole rings is 1. The van der Waals surface area contributed by atoms with E-state index in [1.54, 1.807) is 19.1 Å². The Morgan fingerprint density at radius 3 is 2.45 bits per heavy atom. The SMILES string of the molecule is CCOc1nc(C(=O)ON2C(=O)c3ccccc3C2=O)co1. The van der Waals surface area contributed by atoms with Gasteiger partial charge in [-0.15, -0.1) is 0 Å². The fourth-order valence-corrected chi connectivity index (χ4v) is 1.92. The lowest BCUT2D eigenvalue weighted by Crippen LogP contribution is -2.32. The Labute approximate surface area is 124 Å². The van der Waals surface area contributed by atoms with E-state index < -0.39 is 17.8 Å². The van der Waals surface area contributed by atoms with E-state index in [9.17, 15) is 14.4 Å². The van der Waals surface area contributed by atoms with Crippen molar-refractivity contribution in [2.45, 2.75) is 6.92 Å². The first kappa shape index (κ1) is 13.8. The molecule has 0 N–H and O–H groups in total. The molecule has 0 spiro atoms. The molecule has 2 aromatic rings. The van der Waals surface area contributed by atoms with E-state index in [0.717, 1.165) is 6.26 Å². The minimum Gasteiger partial charge on any atom is -0.450 e. The smallest absolute Gasteiger partial charge is 0.394 e. The fraction of sp³-hybridized carbons (Fsp3) is 0.143. The Bertz CT molecular complexity index is 731. The van der Waals surface area contributed by atoms with Crippen LogP contribution in [0.1, 0.15) is 38.1 Å². The zero-order chi connectivity index (χ0) is 15.7. The Morgan fingerprint density at radius 1 is 1.23 bits per heavy atom. The Morgan fingerprint density at radius 2 is 1.86 bits per heavy atom.